The highest BCUT2D eigenvalue weighted by molar-refractivity contribution is 5.92. The average Bonchev–Trinajstić information content (AvgIpc) is 2.71. The van der Waals surface area contributed by atoms with Gasteiger partial charge in [-0.25, -0.2) is 9.59 Å². The monoisotopic (exact) mass is 411 g/mol. The van der Waals surface area contributed by atoms with Gasteiger partial charge in [0.05, 0.1) is 5.56 Å². The number of rotatable bonds is 8. The molecule has 0 saturated heterocycles. The van der Waals surface area contributed by atoms with Crippen LogP contribution in [0.25, 0.3) is 0 Å². The van der Waals surface area contributed by atoms with E-state index in [1.54, 1.807) is 24.3 Å². The number of aryl methyl sites for hydroxylation is 1. The molecule has 0 heterocycles. The molecule has 7 nitrogen and oxygen atoms in total. The van der Waals surface area contributed by atoms with Crippen molar-refractivity contribution in [1.82, 2.24) is 16.0 Å². The summed E-state index contributed by atoms with van der Waals surface area (Å²) in [6.07, 6.45) is -0.913. The number of esters is 1. The molecule has 30 heavy (non-hydrogen) atoms. The molecule has 3 N–H and O–H groups in total. The summed E-state index contributed by atoms with van der Waals surface area (Å²) in [5.74, 6) is -0.939. The zero-order valence-corrected chi connectivity index (χ0v) is 17.8. The van der Waals surface area contributed by atoms with Crippen LogP contribution in [0.5, 0.6) is 0 Å². The molecule has 0 fully saturated rings. The quantitative estimate of drug-likeness (QED) is 0.582. The maximum atomic E-state index is 12.3. The van der Waals surface area contributed by atoms with E-state index in [0.717, 1.165) is 16.7 Å². The largest absolute Gasteiger partial charge is 0.449 e. The third-order valence-electron chi connectivity index (χ3n) is 4.30. The molecule has 0 radical (unpaired) electrons. The van der Waals surface area contributed by atoms with Crippen LogP contribution < -0.4 is 16.0 Å². The molecule has 7 heteroatoms. The van der Waals surface area contributed by atoms with Crippen molar-refractivity contribution in [3.8, 4) is 0 Å². The molecule has 2 aromatic carbocycles. The smallest absolute Gasteiger partial charge is 0.338 e. The highest BCUT2D eigenvalue weighted by atomic mass is 16.5. The fourth-order valence-electron chi connectivity index (χ4n) is 2.58. The third-order valence-corrected chi connectivity index (χ3v) is 4.30. The minimum absolute atomic E-state index is 0.0539. The Morgan fingerprint density at radius 2 is 1.37 bits per heavy atom. The van der Waals surface area contributed by atoms with Crippen molar-refractivity contribution < 1.29 is 19.1 Å². The van der Waals surface area contributed by atoms with E-state index in [-0.39, 0.29) is 18.0 Å². The Hall–Kier alpha value is -3.35. The van der Waals surface area contributed by atoms with Gasteiger partial charge in [-0.3, -0.25) is 4.79 Å². The zero-order valence-electron chi connectivity index (χ0n) is 17.8. The molecule has 1 atom stereocenters. The lowest BCUT2D eigenvalue weighted by atomic mass is 10.1. The number of amides is 3. The van der Waals surface area contributed by atoms with Crippen molar-refractivity contribution >= 4 is 17.9 Å². The summed E-state index contributed by atoms with van der Waals surface area (Å²) < 4.78 is 5.26. The average molecular weight is 412 g/mol. The number of carbonyl (C=O) groups is 3. The first kappa shape index (κ1) is 22.9. The molecule has 0 bridgehead atoms. The predicted octanol–water partition coefficient (Wildman–Crippen LogP) is 3.06. The molecule has 0 aliphatic carbocycles. The van der Waals surface area contributed by atoms with Gasteiger partial charge in [-0.05, 0) is 51.0 Å². The summed E-state index contributed by atoms with van der Waals surface area (Å²) in [5, 5.41) is 8.24. The van der Waals surface area contributed by atoms with Crippen LogP contribution in [0.2, 0.25) is 0 Å². The lowest BCUT2D eigenvalue weighted by Crippen LogP contribution is -2.39. The predicted molar refractivity (Wildman–Crippen MR) is 115 cm³/mol. The SMILES string of the molecule is Cc1ccc(CNC(=O)[C@H](C)OC(=O)c2ccc(CNC(=O)NC(C)C)cc2)cc1. The molecule has 0 unspecified atom stereocenters. The van der Waals surface area contributed by atoms with Gasteiger partial charge in [-0.1, -0.05) is 42.0 Å². The van der Waals surface area contributed by atoms with Gasteiger partial charge in [0.15, 0.2) is 6.10 Å². The van der Waals surface area contributed by atoms with Crippen LogP contribution in [0.1, 0.15) is 47.8 Å². The van der Waals surface area contributed by atoms with Gasteiger partial charge in [0, 0.05) is 19.1 Å². The molecule has 0 aromatic heterocycles. The van der Waals surface area contributed by atoms with Gasteiger partial charge in [-0.2, -0.15) is 0 Å². The Balaban J connectivity index is 1.80. The number of benzene rings is 2. The lowest BCUT2D eigenvalue weighted by molar-refractivity contribution is -0.129. The van der Waals surface area contributed by atoms with Gasteiger partial charge in [0.2, 0.25) is 0 Å². The van der Waals surface area contributed by atoms with E-state index in [0.29, 0.717) is 18.7 Å². The molecular formula is C23H29N3O4. The van der Waals surface area contributed by atoms with Crippen molar-refractivity contribution in [2.75, 3.05) is 0 Å². The van der Waals surface area contributed by atoms with Crippen LogP contribution in [-0.4, -0.2) is 30.1 Å². The summed E-state index contributed by atoms with van der Waals surface area (Å²) in [6, 6.07) is 14.3. The Bertz CT molecular complexity index is 861. The van der Waals surface area contributed by atoms with E-state index in [4.69, 9.17) is 4.74 Å². The normalized spacial score (nSPS) is 11.5. The van der Waals surface area contributed by atoms with Crippen molar-refractivity contribution in [3.63, 3.8) is 0 Å². The summed E-state index contributed by atoms with van der Waals surface area (Å²) in [4.78, 5) is 36.1. The number of hydrogen-bond acceptors (Lipinski definition) is 4. The standard InChI is InChI=1S/C23H29N3O4/c1-15(2)26-23(29)25-14-19-9-11-20(12-10-19)22(28)30-17(4)21(27)24-13-18-7-5-16(3)6-8-18/h5-12,15,17H,13-14H2,1-4H3,(H,24,27)(H2,25,26,29)/t17-/m0/s1. The number of nitrogens with one attached hydrogen (secondary N) is 3. The molecule has 160 valence electrons. The molecule has 3 amide bonds. The van der Waals surface area contributed by atoms with Crippen LogP contribution in [-0.2, 0) is 22.6 Å². The summed E-state index contributed by atoms with van der Waals surface area (Å²) in [5.41, 5.74) is 3.30. The second-order valence-electron chi connectivity index (χ2n) is 7.43. The lowest BCUT2D eigenvalue weighted by Gasteiger charge is -2.14. The van der Waals surface area contributed by atoms with Crippen LogP contribution >= 0.6 is 0 Å². The molecule has 2 rings (SSSR count). The maximum absolute atomic E-state index is 12.3. The number of carbonyl (C=O) groups excluding carboxylic acids is 3. The number of ether oxygens (including phenoxy) is 1. The van der Waals surface area contributed by atoms with Gasteiger partial charge >= 0.3 is 12.0 Å². The van der Waals surface area contributed by atoms with Crippen molar-refractivity contribution in [2.45, 2.75) is 52.9 Å². The molecular weight excluding hydrogens is 382 g/mol. The Kier molecular flexibility index (Phi) is 8.41. The Labute approximate surface area is 177 Å². The molecule has 0 aliphatic heterocycles. The highest BCUT2D eigenvalue weighted by Gasteiger charge is 2.18. The Morgan fingerprint density at radius 1 is 0.833 bits per heavy atom. The minimum atomic E-state index is -0.913. The Morgan fingerprint density at radius 3 is 1.93 bits per heavy atom. The van der Waals surface area contributed by atoms with Crippen molar-refractivity contribution in [3.05, 3.63) is 70.8 Å². The van der Waals surface area contributed by atoms with E-state index >= 15 is 0 Å². The minimum Gasteiger partial charge on any atom is -0.449 e. The van der Waals surface area contributed by atoms with E-state index in [9.17, 15) is 14.4 Å². The first-order chi connectivity index (χ1) is 14.2. The summed E-state index contributed by atoms with van der Waals surface area (Å²) in [7, 11) is 0. The summed E-state index contributed by atoms with van der Waals surface area (Å²) in [6.45, 7) is 8.00. The van der Waals surface area contributed by atoms with E-state index in [1.807, 2.05) is 45.0 Å². The van der Waals surface area contributed by atoms with E-state index < -0.39 is 12.1 Å². The first-order valence-electron chi connectivity index (χ1n) is 9.92. The topological polar surface area (TPSA) is 96.5 Å². The summed E-state index contributed by atoms with van der Waals surface area (Å²) >= 11 is 0. The molecule has 2 aromatic rings. The van der Waals surface area contributed by atoms with Gasteiger partial charge < -0.3 is 20.7 Å². The second-order valence-corrected chi connectivity index (χ2v) is 7.43. The molecule has 0 aliphatic rings. The second kappa shape index (κ2) is 11.0. The third kappa shape index (κ3) is 7.58. The van der Waals surface area contributed by atoms with Gasteiger partial charge in [-0.15, -0.1) is 0 Å². The van der Waals surface area contributed by atoms with Crippen LogP contribution in [0.15, 0.2) is 48.5 Å². The van der Waals surface area contributed by atoms with Crippen LogP contribution in [0, 0.1) is 6.92 Å². The van der Waals surface area contributed by atoms with E-state index in [2.05, 4.69) is 16.0 Å². The highest BCUT2D eigenvalue weighted by Crippen LogP contribution is 2.08. The van der Waals surface area contributed by atoms with Crippen LogP contribution in [0.3, 0.4) is 0 Å². The fraction of sp³-hybridized carbons (Fsp3) is 0.348. The van der Waals surface area contributed by atoms with E-state index in [1.165, 1.54) is 6.92 Å². The van der Waals surface area contributed by atoms with Gasteiger partial charge in [0.1, 0.15) is 0 Å². The fourth-order valence-corrected chi connectivity index (χ4v) is 2.58. The maximum Gasteiger partial charge on any atom is 0.338 e. The van der Waals surface area contributed by atoms with Crippen LogP contribution in [0.4, 0.5) is 4.79 Å². The molecule has 0 saturated carbocycles. The first-order valence-corrected chi connectivity index (χ1v) is 9.92. The van der Waals surface area contributed by atoms with Gasteiger partial charge in [0.25, 0.3) is 5.91 Å². The molecule has 0 spiro atoms. The number of hydrogen-bond donors (Lipinski definition) is 3. The van der Waals surface area contributed by atoms with Crippen molar-refractivity contribution in [2.24, 2.45) is 0 Å². The number of urea groups is 1. The zero-order chi connectivity index (χ0) is 22.1. The van der Waals surface area contributed by atoms with Crippen molar-refractivity contribution in [1.29, 1.82) is 0 Å².